The Morgan fingerprint density at radius 3 is 2.54 bits per heavy atom. The van der Waals surface area contributed by atoms with E-state index in [1.807, 2.05) is 6.07 Å². The number of aliphatic imine (C=N–C) groups is 1. The summed E-state index contributed by atoms with van der Waals surface area (Å²) in [7, 11) is 0.255. The Morgan fingerprint density at radius 1 is 1.23 bits per heavy atom. The third-order valence-electron chi connectivity index (χ3n) is 5.09. The van der Waals surface area contributed by atoms with Crippen LogP contribution in [0.1, 0.15) is 32.1 Å². The lowest BCUT2D eigenvalue weighted by atomic mass is 9.67. The molecule has 0 bridgehead atoms. The van der Waals surface area contributed by atoms with Gasteiger partial charge in [0, 0.05) is 33.9 Å². The van der Waals surface area contributed by atoms with E-state index in [1.54, 1.807) is 38.4 Å². The average Bonchev–Trinajstić information content (AvgIpc) is 2.62. The lowest BCUT2D eigenvalue weighted by Crippen LogP contribution is -2.47. The molecular formula is C19H31N3O3S. The molecule has 1 aromatic carbocycles. The van der Waals surface area contributed by atoms with E-state index in [9.17, 15) is 8.42 Å². The summed E-state index contributed by atoms with van der Waals surface area (Å²) in [6.45, 7) is 2.22. The number of hydrogen-bond donors (Lipinski definition) is 2. The van der Waals surface area contributed by atoms with Gasteiger partial charge < -0.3 is 15.4 Å². The SMILES string of the molecule is CN=C(NCCCS(=O)(=O)c1ccccc1)NCC1(CCOC)CCC1. The monoisotopic (exact) mass is 381 g/mol. The van der Waals surface area contributed by atoms with Crippen LogP contribution in [0.3, 0.4) is 0 Å². The van der Waals surface area contributed by atoms with E-state index in [4.69, 9.17) is 4.74 Å². The molecule has 1 saturated carbocycles. The molecule has 26 heavy (non-hydrogen) atoms. The summed E-state index contributed by atoms with van der Waals surface area (Å²) in [6, 6.07) is 8.59. The Labute approximate surface area is 157 Å². The summed E-state index contributed by atoms with van der Waals surface area (Å²) < 4.78 is 29.8. The second-order valence-electron chi connectivity index (χ2n) is 6.93. The van der Waals surface area contributed by atoms with Crippen molar-refractivity contribution in [3.63, 3.8) is 0 Å². The van der Waals surface area contributed by atoms with Crippen LogP contribution in [-0.2, 0) is 14.6 Å². The molecule has 0 amide bonds. The van der Waals surface area contributed by atoms with Crippen molar-refractivity contribution in [3.8, 4) is 0 Å². The van der Waals surface area contributed by atoms with Gasteiger partial charge in [-0.25, -0.2) is 8.42 Å². The largest absolute Gasteiger partial charge is 0.385 e. The minimum absolute atomic E-state index is 0.124. The van der Waals surface area contributed by atoms with Gasteiger partial charge in [-0.3, -0.25) is 4.99 Å². The van der Waals surface area contributed by atoms with E-state index in [0.717, 1.165) is 25.5 Å². The van der Waals surface area contributed by atoms with Crippen molar-refractivity contribution < 1.29 is 13.2 Å². The number of ether oxygens (including phenoxy) is 1. The van der Waals surface area contributed by atoms with Crippen molar-refractivity contribution in [3.05, 3.63) is 30.3 Å². The molecule has 0 aromatic heterocycles. The molecule has 0 aliphatic heterocycles. The van der Waals surface area contributed by atoms with Crippen LogP contribution in [0.2, 0.25) is 0 Å². The maximum Gasteiger partial charge on any atom is 0.190 e. The van der Waals surface area contributed by atoms with E-state index in [1.165, 1.54) is 19.3 Å². The highest BCUT2D eigenvalue weighted by Crippen LogP contribution is 2.43. The van der Waals surface area contributed by atoms with Crippen molar-refractivity contribution in [1.29, 1.82) is 0 Å². The number of sulfone groups is 1. The zero-order valence-electron chi connectivity index (χ0n) is 15.8. The summed E-state index contributed by atoms with van der Waals surface area (Å²) in [5, 5.41) is 6.60. The van der Waals surface area contributed by atoms with E-state index >= 15 is 0 Å². The molecule has 0 atom stereocenters. The quantitative estimate of drug-likeness (QED) is 0.369. The van der Waals surface area contributed by atoms with Crippen LogP contribution < -0.4 is 10.6 Å². The van der Waals surface area contributed by atoms with E-state index < -0.39 is 9.84 Å². The summed E-state index contributed by atoms with van der Waals surface area (Å²) in [5.41, 5.74) is 0.310. The fourth-order valence-corrected chi connectivity index (χ4v) is 4.55. The smallest absolute Gasteiger partial charge is 0.190 e. The minimum atomic E-state index is -3.22. The third kappa shape index (κ3) is 5.99. The Hall–Kier alpha value is -1.60. The maximum absolute atomic E-state index is 12.3. The van der Waals surface area contributed by atoms with Crippen molar-refractivity contribution in [2.24, 2.45) is 10.4 Å². The third-order valence-corrected chi connectivity index (χ3v) is 6.91. The van der Waals surface area contributed by atoms with E-state index in [2.05, 4.69) is 15.6 Å². The number of guanidine groups is 1. The molecule has 0 heterocycles. The Morgan fingerprint density at radius 2 is 1.96 bits per heavy atom. The molecule has 1 aromatic rings. The van der Waals surface area contributed by atoms with Crippen molar-refractivity contribution in [2.75, 3.05) is 39.6 Å². The molecule has 0 radical (unpaired) electrons. The molecule has 146 valence electrons. The van der Waals surface area contributed by atoms with E-state index in [0.29, 0.717) is 23.3 Å². The van der Waals surface area contributed by atoms with Crippen LogP contribution in [0.15, 0.2) is 40.2 Å². The number of rotatable bonds is 10. The van der Waals surface area contributed by atoms with Crippen LogP contribution in [-0.4, -0.2) is 54.0 Å². The van der Waals surface area contributed by atoms with Gasteiger partial charge in [0.1, 0.15) is 0 Å². The van der Waals surface area contributed by atoms with Gasteiger partial charge in [0.15, 0.2) is 15.8 Å². The van der Waals surface area contributed by atoms with Gasteiger partial charge in [-0.05, 0) is 43.2 Å². The first-order chi connectivity index (χ1) is 12.5. The highest BCUT2D eigenvalue weighted by molar-refractivity contribution is 7.91. The minimum Gasteiger partial charge on any atom is -0.385 e. The first-order valence-corrected chi connectivity index (χ1v) is 10.9. The van der Waals surface area contributed by atoms with Gasteiger partial charge in [-0.15, -0.1) is 0 Å². The predicted molar refractivity (Wildman–Crippen MR) is 105 cm³/mol. The van der Waals surface area contributed by atoms with Gasteiger partial charge in [0.2, 0.25) is 0 Å². The first kappa shape index (κ1) is 20.7. The Kier molecular flexibility index (Phi) is 7.90. The average molecular weight is 382 g/mol. The number of hydrogen-bond acceptors (Lipinski definition) is 4. The molecule has 2 N–H and O–H groups in total. The second-order valence-corrected chi connectivity index (χ2v) is 9.04. The Bertz CT molecular complexity index is 671. The van der Waals surface area contributed by atoms with Gasteiger partial charge in [0.05, 0.1) is 10.6 Å². The fourth-order valence-electron chi connectivity index (χ4n) is 3.22. The molecule has 0 saturated heterocycles. The Balaban J connectivity index is 1.72. The fraction of sp³-hybridized carbons (Fsp3) is 0.632. The first-order valence-electron chi connectivity index (χ1n) is 9.23. The number of methoxy groups -OCH3 is 1. The van der Waals surface area contributed by atoms with Crippen LogP contribution in [0.5, 0.6) is 0 Å². The maximum atomic E-state index is 12.3. The standard InChI is InChI=1S/C19H31N3O3S/c1-20-18(22-16-19(10-6-11-19)12-14-25-2)21-13-7-15-26(23,24)17-8-4-3-5-9-17/h3-5,8-9H,6-7,10-16H2,1-2H3,(H2,20,21,22). The molecule has 7 heteroatoms. The molecule has 1 aliphatic rings. The van der Waals surface area contributed by atoms with Crippen molar-refractivity contribution in [1.82, 2.24) is 10.6 Å². The number of nitrogens with one attached hydrogen (secondary N) is 2. The van der Waals surface area contributed by atoms with Crippen LogP contribution in [0, 0.1) is 5.41 Å². The molecular weight excluding hydrogens is 350 g/mol. The number of nitrogens with zero attached hydrogens (tertiary/aromatic N) is 1. The zero-order valence-corrected chi connectivity index (χ0v) is 16.6. The van der Waals surface area contributed by atoms with Gasteiger partial charge in [-0.2, -0.15) is 0 Å². The lowest BCUT2D eigenvalue weighted by molar-refractivity contribution is 0.0732. The van der Waals surface area contributed by atoms with E-state index in [-0.39, 0.29) is 5.75 Å². The van der Waals surface area contributed by atoms with Crippen LogP contribution in [0.25, 0.3) is 0 Å². The molecule has 0 unspecified atom stereocenters. The van der Waals surface area contributed by atoms with Crippen LogP contribution >= 0.6 is 0 Å². The van der Waals surface area contributed by atoms with Crippen LogP contribution in [0.4, 0.5) is 0 Å². The molecule has 6 nitrogen and oxygen atoms in total. The van der Waals surface area contributed by atoms with Gasteiger partial charge in [0.25, 0.3) is 0 Å². The molecule has 0 spiro atoms. The summed E-state index contributed by atoms with van der Waals surface area (Å²) in [6.07, 6.45) is 5.30. The summed E-state index contributed by atoms with van der Waals surface area (Å²) in [5.74, 6) is 0.851. The molecule has 1 aliphatic carbocycles. The summed E-state index contributed by atoms with van der Waals surface area (Å²) in [4.78, 5) is 4.62. The number of benzene rings is 1. The zero-order chi connectivity index (χ0) is 18.9. The second kappa shape index (κ2) is 9.92. The lowest BCUT2D eigenvalue weighted by Gasteiger charge is -2.42. The highest BCUT2D eigenvalue weighted by Gasteiger charge is 2.36. The van der Waals surface area contributed by atoms with Gasteiger partial charge in [-0.1, -0.05) is 24.6 Å². The molecule has 1 fully saturated rings. The normalized spacial score (nSPS) is 16.8. The van der Waals surface area contributed by atoms with Crippen molar-refractivity contribution >= 4 is 15.8 Å². The summed E-state index contributed by atoms with van der Waals surface area (Å²) >= 11 is 0. The van der Waals surface area contributed by atoms with Crippen molar-refractivity contribution in [2.45, 2.75) is 37.0 Å². The highest BCUT2D eigenvalue weighted by atomic mass is 32.2. The van der Waals surface area contributed by atoms with Gasteiger partial charge >= 0.3 is 0 Å². The molecule has 2 rings (SSSR count). The predicted octanol–water partition coefficient (Wildman–Crippen LogP) is 2.22. The topological polar surface area (TPSA) is 79.8 Å².